The molecule has 112 valence electrons. The molecule has 0 aliphatic heterocycles. The Labute approximate surface area is 132 Å². The number of aliphatic hydroxyl groups is 1. The van der Waals surface area contributed by atoms with Gasteiger partial charge in [0.1, 0.15) is 0 Å². The number of benzene rings is 2. The van der Waals surface area contributed by atoms with Gasteiger partial charge in [-0.1, -0.05) is 49.4 Å². The topological polar surface area (TPSA) is 20.2 Å². The van der Waals surface area contributed by atoms with Gasteiger partial charge in [-0.15, -0.1) is 0 Å². The molecule has 2 aliphatic carbocycles. The van der Waals surface area contributed by atoms with Gasteiger partial charge in [-0.25, -0.2) is 0 Å². The Bertz CT molecular complexity index is 754. The molecule has 4 rings (SSSR count). The smallest absolute Gasteiger partial charge is 0.0684 e. The molecular formula is C21H22O. The third-order valence-corrected chi connectivity index (χ3v) is 5.37. The van der Waals surface area contributed by atoms with Crippen LogP contribution in [0.5, 0.6) is 0 Å². The van der Waals surface area contributed by atoms with Crippen LogP contribution in [0.25, 0.3) is 16.7 Å². The molecule has 1 atom stereocenters. The van der Waals surface area contributed by atoms with Crippen molar-refractivity contribution in [2.45, 2.75) is 38.5 Å². The fraction of sp³-hybridized carbons (Fsp3) is 0.333. The highest BCUT2D eigenvalue weighted by molar-refractivity contribution is 5.83. The maximum atomic E-state index is 9.83. The van der Waals surface area contributed by atoms with Crippen molar-refractivity contribution in [1.82, 2.24) is 0 Å². The second-order valence-corrected chi connectivity index (χ2v) is 6.44. The Morgan fingerprint density at radius 1 is 1.05 bits per heavy atom. The lowest BCUT2D eigenvalue weighted by atomic mass is 9.74. The lowest BCUT2D eigenvalue weighted by Crippen LogP contribution is -2.15. The van der Waals surface area contributed by atoms with Crippen molar-refractivity contribution in [2.75, 3.05) is 6.61 Å². The molecule has 1 nitrogen and oxygen atoms in total. The first-order chi connectivity index (χ1) is 10.8. The van der Waals surface area contributed by atoms with Crippen molar-refractivity contribution in [1.29, 1.82) is 0 Å². The molecule has 0 aromatic heterocycles. The zero-order valence-corrected chi connectivity index (χ0v) is 13.1. The van der Waals surface area contributed by atoms with E-state index in [1.807, 2.05) is 0 Å². The fourth-order valence-corrected chi connectivity index (χ4v) is 4.20. The number of rotatable bonds is 2. The summed E-state index contributed by atoms with van der Waals surface area (Å²) in [5.41, 5.74) is 9.59. The van der Waals surface area contributed by atoms with E-state index in [1.54, 1.807) is 0 Å². The third-order valence-electron chi connectivity index (χ3n) is 5.37. The molecule has 0 saturated heterocycles. The van der Waals surface area contributed by atoms with Gasteiger partial charge in [-0.2, -0.15) is 0 Å². The first-order valence-corrected chi connectivity index (χ1v) is 8.37. The minimum absolute atomic E-state index is 0.154. The third kappa shape index (κ3) is 1.96. The second-order valence-electron chi connectivity index (χ2n) is 6.44. The highest BCUT2D eigenvalue weighted by atomic mass is 16.3. The van der Waals surface area contributed by atoms with Crippen LogP contribution in [0.15, 0.2) is 42.5 Å². The summed E-state index contributed by atoms with van der Waals surface area (Å²) in [5, 5.41) is 9.83. The van der Waals surface area contributed by atoms with Crippen LogP contribution >= 0.6 is 0 Å². The molecule has 0 spiro atoms. The monoisotopic (exact) mass is 290 g/mol. The Morgan fingerprint density at radius 2 is 1.91 bits per heavy atom. The number of aliphatic hydroxyl groups excluding tert-OH is 1. The summed E-state index contributed by atoms with van der Waals surface area (Å²) in [4.78, 5) is 0. The minimum atomic E-state index is 0.154. The van der Waals surface area contributed by atoms with E-state index in [0.717, 1.165) is 31.3 Å². The van der Waals surface area contributed by atoms with E-state index in [-0.39, 0.29) is 6.61 Å². The predicted octanol–water partition coefficient (Wildman–Crippen LogP) is 4.73. The van der Waals surface area contributed by atoms with Gasteiger partial charge in [-0.3, -0.25) is 0 Å². The van der Waals surface area contributed by atoms with Crippen molar-refractivity contribution in [2.24, 2.45) is 0 Å². The van der Waals surface area contributed by atoms with Crippen LogP contribution in [0.1, 0.15) is 47.9 Å². The molecule has 1 heteroatoms. The van der Waals surface area contributed by atoms with Crippen molar-refractivity contribution >= 4 is 5.57 Å². The summed E-state index contributed by atoms with van der Waals surface area (Å²) in [6.45, 7) is 2.42. The maximum absolute atomic E-state index is 9.83. The van der Waals surface area contributed by atoms with Gasteiger partial charge in [-0.05, 0) is 70.6 Å². The van der Waals surface area contributed by atoms with Crippen LogP contribution in [0.3, 0.4) is 0 Å². The number of aryl methyl sites for hydroxylation is 1. The molecule has 2 aliphatic rings. The number of fused-ring (bicyclic) bond motifs is 5. The van der Waals surface area contributed by atoms with E-state index in [1.165, 1.54) is 33.4 Å². The van der Waals surface area contributed by atoms with Crippen LogP contribution in [0, 0.1) is 0 Å². The Balaban J connectivity index is 1.97. The van der Waals surface area contributed by atoms with E-state index < -0.39 is 0 Å². The van der Waals surface area contributed by atoms with Gasteiger partial charge >= 0.3 is 0 Å². The summed E-state index contributed by atoms with van der Waals surface area (Å²) >= 11 is 0. The first-order valence-electron chi connectivity index (χ1n) is 8.37. The van der Waals surface area contributed by atoms with Crippen molar-refractivity contribution in [3.8, 4) is 11.1 Å². The van der Waals surface area contributed by atoms with Crippen LogP contribution in [0.2, 0.25) is 0 Å². The molecule has 1 unspecified atom stereocenters. The van der Waals surface area contributed by atoms with E-state index in [9.17, 15) is 5.11 Å². The standard InChI is InChI=1S/C21H22O/c1-2-14-7-8-16(13-22)21-18(14)11-12-19-17-6-4-3-5-15(17)9-10-20(19)21/h3-6,8,11-12,14,22H,2,7,9-10,13H2,1H3. The molecule has 0 amide bonds. The number of hydrogen-bond donors (Lipinski definition) is 1. The molecule has 22 heavy (non-hydrogen) atoms. The summed E-state index contributed by atoms with van der Waals surface area (Å²) < 4.78 is 0. The van der Waals surface area contributed by atoms with Gasteiger partial charge in [0, 0.05) is 0 Å². The van der Waals surface area contributed by atoms with Gasteiger partial charge in [0.25, 0.3) is 0 Å². The quantitative estimate of drug-likeness (QED) is 0.848. The van der Waals surface area contributed by atoms with Crippen LogP contribution in [-0.2, 0) is 12.8 Å². The molecular weight excluding hydrogens is 268 g/mol. The maximum Gasteiger partial charge on any atom is 0.0684 e. The minimum Gasteiger partial charge on any atom is -0.392 e. The van der Waals surface area contributed by atoms with Gasteiger partial charge in [0.05, 0.1) is 6.61 Å². The highest BCUT2D eigenvalue weighted by Crippen LogP contribution is 2.44. The molecule has 0 saturated carbocycles. The molecule has 2 aromatic rings. The summed E-state index contributed by atoms with van der Waals surface area (Å²) in [6.07, 6.45) is 6.68. The summed E-state index contributed by atoms with van der Waals surface area (Å²) in [7, 11) is 0. The van der Waals surface area contributed by atoms with Crippen LogP contribution < -0.4 is 0 Å². The van der Waals surface area contributed by atoms with Gasteiger partial charge < -0.3 is 5.11 Å². The molecule has 0 heterocycles. The summed E-state index contributed by atoms with van der Waals surface area (Å²) in [6, 6.07) is 13.4. The van der Waals surface area contributed by atoms with Gasteiger partial charge in [0.15, 0.2) is 0 Å². The largest absolute Gasteiger partial charge is 0.392 e. The fourth-order valence-electron chi connectivity index (χ4n) is 4.20. The van der Waals surface area contributed by atoms with E-state index in [4.69, 9.17) is 0 Å². The first kappa shape index (κ1) is 13.8. The molecule has 2 aromatic carbocycles. The zero-order chi connectivity index (χ0) is 15.1. The Morgan fingerprint density at radius 3 is 2.73 bits per heavy atom. The molecule has 0 bridgehead atoms. The Kier molecular flexibility index (Phi) is 3.38. The zero-order valence-electron chi connectivity index (χ0n) is 13.1. The average Bonchev–Trinajstić information content (AvgIpc) is 2.60. The van der Waals surface area contributed by atoms with Crippen molar-refractivity contribution in [3.63, 3.8) is 0 Å². The van der Waals surface area contributed by atoms with Crippen molar-refractivity contribution in [3.05, 3.63) is 64.7 Å². The lowest BCUT2D eigenvalue weighted by molar-refractivity contribution is 0.349. The second kappa shape index (κ2) is 5.40. The Hall–Kier alpha value is -1.86. The normalized spacial score (nSPS) is 19.0. The number of allylic oxidation sites excluding steroid dienone is 1. The van der Waals surface area contributed by atoms with Gasteiger partial charge in [0.2, 0.25) is 0 Å². The average molecular weight is 290 g/mol. The lowest BCUT2D eigenvalue weighted by Gasteiger charge is -2.30. The highest BCUT2D eigenvalue weighted by Gasteiger charge is 2.26. The summed E-state index contributed by atoms with van der Waals surface area (Å²) in [5.74, 6) is 0.604. The van der Waals surface area contributed by atoms with Crippen LogP contribution in [0.4, 0.5) is 0 Å². The van der Waals surface area contributed by atoms with E-state index in [0.29, 0.717) is 5.92 Å². The van der Waals surface area contributed by atoms with Crippen LogP contribution in [-0.4, -0.2) is 11.7 Å². The predicted molar refractivity (Wildman–Crippen MR) is 92.0 cm³/mol. The van der Waals surface area contributed by atoms with Crippen molar-refractivity contribution < 1.29 is 5.11 Å². The van der Waals surface area contributed by atoms with E-state index >= 15 is 0 Å². The molecule has 1 N–H and O–H groups in total. The SMILES string of the molecule is CCC1CC=C(CO)c2c1ccc1c2CCc2ccccc2-1. The number of hydrogen-bond acceptors (Lipinski definition) is 1. The molecule has 0 radical (unpaired) electrons. The molecule has 0 fully saturated rings. The van der Waals surface area contributed by atoms with E-state index in [2.05, 4.69) is 49.4 Å².